The average molecular weight is 525 g/mol. The van der Waals surface area contributed by atoms with E-state index in [9.17, 15) is 19.5 Å². The first-order chi connectivity index (χ1) is 17.6. The first kappa shape index (κ1) is 25.1. The zero-order valence-electron chi connectivity index (χ0n) is 21.3. The number of hydroxylamine groups is 2. The van der Waals surface area contributed by atoms with Crippen molar-refractivity contribution in [2.75, 3.05) is 13.2 Å². The number of rotatable bonds is 5. The molecule has 0 bridgehead atoms. The van der Waals surface area contributed by atoms with Crippen molar-refractivity contribution in [2.24, 2.45) is 7.05 Å². The highest BCUT2D eigenvalue weighted by molar-refractivity contribution is 7.19. The molecule has 0 saturated carbocycles. The van der Waals surface area contributed by atoms with Gasteiger partial charge in [0.2, 0.25) is 0 Å². The first-order valence-electron chi connectivity index (χ1n) is 12.0. The van der Waals surface area contributed by atoms with E-state index in [2.05, 4.69) is 10.1 Å². The largest absolute Gasteiger partial charge is 0.389 e. The molecule has 1 aliphatic heterocycles. The summed E-state index contributed by atoms with van der Waals surface area (Å²) in [5.74, 6) is 0.153. The molecule has 12 heteroatoms. The number of β-amino-alcohol motifs (C(OH)–C–C–N with tert-alkyl or cyclic N) is 1. The third kappa shape index (κ3) is 4.10. The molecule has 1 atom stereocenters. The van der Waals surface area contributed by atoms with Crippen molar-refractivity contribution in [2.45, 2.75) is 46.3 Å². The zero-order valence-corrected chi connectivity index (χ0v) is 22.1. The molecule has 4 aromatic rings. The Kier molecular flexibility index (Phi) is 6.34. The fraction of sp³-hybridized carbons (Fsp3) is 0.400. The number of hydrogen-bond acceptors (Lipinski definition) is 8. The molecule has 0 spiro atoms. The van der Waals surface area contributed by atoms with Gasteiger partial charge in [-0.05, 0) is 39.8 Å². The Bertz CT molecular complexity index is 1630. The second-order valence-corrected chi connectivity index (χ2v) is 10.5. The number of aliphatic hydroxyl groups excluding tert-OH is 1. The van der Waals surface area contributed by atoms with Gasteiger partial charge in [0.1, 0.15) is 17.5 Å². The molecule has 1 N–H and O–H groups in total. The Hall–Kier alpha value is -3.61. The molecule has 37 heavy (non-hydrogen) atoms. The van der Waals surface area contributed by atoms with Crippen molar-refractivity contribution in [3.63, 3.8) is 0 Å². The third-order valence-electron chi connectivity index (χ3n) is 6.59. The van der Waals surface area contributed by atoms with Gasteiger partial charge in [0, 0.05) is 41.8 Å². The monoisotopic (exact) mass is 524 g/mol. The Labute approximate surface area is 216 Å². The first-order valence-corrected chi connectivity index (χ1v) is 12.8. The Balaban J connectivity index is 1.74. The second kappa shape index (κ2) is 9.36. The van der Waals surface area contributed by atoms with E-state index in [0.717, 1.165) is 26.6 Å². The number of aryl methyl sites for hydroxylation is 1. The lowest BCUT2D eigenvalue weighted by molar-refractivity contribution is -0.0778. The van der Waals surface area contributed by atoms with Crippen LogP contribution >= 0.6 is 11.3 Å². The van der Waals surface area contributed by atoms with Gasteiger partial charge in [0.05, 0.1) is 23.2 Å². The maximum Gasteiger partial charge on any atom is 0.332 e. The van der Waals surface area contributed by atoms with Crippen molar-refractivity contribution in [1.82, 2.24) is 29.0 Å². The van der Waals surface area contributed by atoms with Gasteiger partial charge in [-0.2, -0.15) is 5.10 Å². The number of aromatic nitrogens is 5. The van der Waals surface area contributed by atoms with Gasteiger partial charge in [-0.15, -0.1) is 11.3 Å². The Morgan fingerprint density at radius 1 is 1.27 bits per heavy atom. The summed E-state index contributed by atoms with van der Waals surface area (Å²) in [7, 11) is 1.41. The molecule has 0 radical (unpaired) electrons. The summed E-state index contributed by atoms with van der Waals surface area (Å²) in [6, 6.07) is 5.33. The normalized spacial score (nSPS) is 15.9. The Morgan fingerprint density at radius 2 is 2.03 bits per heavy atom. The van der Waals surface area contributed by atoms with Crippen LogP contribution < -0.4 is 11.2 Å². The van der Waals surface area contributed by atoms with Gasteiger partial charge in [0.25, 0.3) is 11.5 Å². The van der Waals surface area contributed by atoms with E-state index < -0.39 is 23.3 Å². The summed E-state index contributed by atoms with van der Waals surface area (Å²) in [5, 5.41) is 15.9. The lowest BCUT2D eigenvalue weighted by Crippen LogP contribution is -2.39. The molecule has 5 rings (SSSR count). The smallest absolute Gasteiger partial charge is 0.332 e. The van der Waals surface area contributed by atoms with Crippen LogP contribution in [-0.4, -0.2) is 59.2 Å². The molecule has 0 aromatic carbocycles. The number of fused-ring (bicyclic) bond motifs is 1. The van der Waals surface area contributed by atoms with E-state index in [1.807, 2.05) is 45.9 Å². The van der Waals surface area contributed by atoms with Crippen molar-refractivity contribution in [3.05, 3.63) is 72.6 Å². The molecule has 0 unspecified atom stereocenters. The van der Waals surface area contributed by atoms with E-state index in [1.165, 1.54) is 18.4 Å². The van der Waals surface area contributed by atoms with Crippen molar-refractivity contribution in [3.8, 4) is 5.82 Å². The van der Waals surface area contributed by atoms with Gasteiger partial charge >= 0.3 is 5.69 Å². The molecule has 1 fully saturated rings. The van der Waals surface area contributed by atoms with Crippen LogP contribution in [0.15, 0.2) is 34.0 Å². The minimum Gasteiger partial charge on any atom is -0.389 e. The van der Waals surface area contributed by atoms with Crippen LogP contribution in [0.5, 0.6) is 0 Å². The number of hydrogen-bond donors (Lipinski definition) is 1. The predicted octanol–water partition coefficient (Wildman–Crippen LogP) is 1.88. The number of pyridine rings is 1. The van der Waals surface area contributed by atoms with E-state index in [-0.39, 0.29) is 30.1 Å². The molecule has 4 aromatic heterocycles. The quantitative estimate of drug-likeness (QED) is 0.423. The summed E-state index contributed by atoms with van der Waals surface area (Å²) >= 11 is 1.25. The number of aliphatic hydroxyl groups is 1. The Morgan fingerprint density at radius 3 is 2.65 bits per heavy atom. The van der Waals surface area contributed by atoms with E-state index in [1.54, 1.807) is 15.4 Å². The van der Waals surface area contributed by atoms with E-state index in [0.29, 0.717) is 21.9 Å². The third-order valence-corrected chi connectivity index (χ3v) is 7.78. The molecule has 1 amide bonds. The number of carbonyl (C=O) groups is 1. The van der Waals surface area contributed by atoms with Gasteiger partial charge < -0.3 is 5.11 Å². The number of carbonyl (C=O) groups excluding carboxylic acids is 1. The minimum absolute atomic E-state index is 0.00455. The fourth-order valence-corrected chi connectivity index (χ4v) is 6.09. The molecule has 0 aliphatic carbocycles. The summed E-state index contributed by atoms with van der Waals surface area (Å²) in [6.07, 6.45) is 1.20. The topological polar surface area (TPSA) is 124 Å². The van der Waals surface area contributed by atoms with Crippen LogP contribution in [0, 0.1) is 13.8 Å². The number of amides is 1. The van der Waals surface area contributed by atoms with Crippen LogP contribution in [0.2, 0.25) is 0 Å². The fourth-order valence-electron chi connectivity index (χ4n) is 4.67. The number of thiophene rings is 1. The van der Waals surface area contributed by atoms with Crippen molar-refractivity contribution in [1.29, 1.82) is 0 Å². The van der Waals surface area contributed by atoms with E-state index >= 15 is 0 Å². The highest BCUT2D eigenvalue weighted by atomic mass is 32.1. The van der Waals surface area contributed by atoms with Crippen LogP contribution in [0.3, 0.4) is 0 Å². The van der Waals surface area contributed by atoms with Crippen molar-refractivity contribution >= 4 is 27.5 Å². The lowest BCUT2D eigenvalue weighted by Gasteiger charge is -2.15. The van der Waals surface area contributed by atoms with Crippen LogP contribution in [0.4, 0.5) is 0 Å². The van der Waals surface area contributed by atoms with Crippen molar-refractivity contribution < 1.29 is 14.7 Å². The standard InChI is InChI=1S/C25H28N6O5S/c1-13(2)30-24-21(22(33)28(5)25(30)35)20(23(34)29-11-16(32)12-36-29)18(37-24)10-17-14(3)27-31(15(17)4)19-8-6-7-9-26-19/h6-9,13,16,32H,10-12H2,1-5H3/t16-/m0/s1. The van der Waals surface area contributed by atoms with Gasteiger partial charge in [-0.1, -0.05) is 6.07 Å². The molecule has 11 nitrogen and oxygen atoms in total. The van der Waals surface area contributed by atoms with Gasteiger partial charge in [0.15, 0.2) is 5.82 Å². The molecule has 1 saturated heterocycles. The molecule has 1 aliphatic rings. The van der Waals surface area contributed by atoms with Gasteiger partial charge in [-0.3, -0.25) is 23.6 Å². The predicted molar refractivity (Wildman–Crippen MR) is 138 cm³/mol. The van der Waals surface area contributed by atoms with Crippen LogP contribution in [0.1, 0.15) is 52.1 Å². The summed E-state index contributed by atoms with van der Waals surface area (Å²) in [4.78, 5) is 51.0. The van der Waals surface area contributed by atoms with E-state index in [4.69, 9.17) is 4.84 Å². The summed E-state index contributed by atoms with van der Waals surface area (Å²) < 4.78 is 4.33. The average Bonchev–Trinajstić information content (AvgIpc) is 3.54. The van der Waals surface area contributed by atoms with Crippen LogP contribution in [-0.2, 0) is 18.3 Å². The maximum atomic E-state index is 13.7. The number of nitrogens with zero attached hydrogens (tertiary/aromatic N) is 6. The lowest BCUT2D eigenvalue weighted by atomic mass is 10.0. The van der Waals surface area contributed by atoms with Gasteiger partial charge in [-0.25, -0.2) is 19.5 Å². The zero-order chi connectivity index (χ0) is 26.6. The highest BCUT2D eigenvalue weighted by Gasteiger charge is 2.34. The molecule has 5 heterocycles. The maximum absolute atomic E-state index is 13.7. The van der Waals surface area contributed by atoms with Crippen LogP contribution in [0.25, 0.3) is 16.0 Å². The molecular formula is C25H28N6O5S. The SMILES string of the molecule is Cc1nn(-c2ccccn2)c(C)c1Cc1sc2c(c1C(=O)N1C[C@H](O)CO1)c(=O)n(C)c(=O)n2C(C)C. The minimum atomic E-state index is -0.810. The summed E-state index contributed by atoms with van der Waals surface area (Å²) in [6.45, 7) is 7.53. The highest BCUT2D eigenvalue weighted by Crippen LogP contribution is 2.34. The molecule has 194 valence electrons. The summed E-state index contributed by atoms with van der Waals surface area (Å²) in [5.41, 5.74) is 1.72. The second-order valence-electron chi connectivity index (χ2n) is 9.43. The molecular weight excluding hydrogens is 496 g/mol.